The lowest BCUT2D eigenvalue weighted by Crippen LogP contribution is -2.41. The van der Waals surface area contributed by atoms with Crippen molar-refractivity contribution in [1.29, 1.82) is 0 Å². The number of aliphatic hydroxyl groups excluding tert-OH is 1. The molecule has 124 valence electrons. The Morgan fingerprint density at radius 2 is 1.91 bits per heavy atom. The second kappa shape index (κ2) is 9.30. The van der Waals surface area contributed by atoms with Crippen molar-refractivity contribution < 1.29 is 9.90 Å². The number of nitrogens with zero attached hydrogens (tertiary/aromatic N) is 1. The SMILES string of the molecule is CCC(CC)C(O)CNC(=O)NCc1cccc(N(C)C)c1. The van der Waals surface area contributed by atoms with Gasteiger partial charge in [-0.2, -0.15) is 0 Å². The zero-order valence-corrected chi connectivity index (χ0v) is 14.1. The minimum absolute atomic E-state index is 0.233. The third-order valence-corrected chi connectivity index (χ3v) is 3.94. The summed E-state index contributed by atoms with van der Waals surface area (Å²) < 4.78 is 0. The van der Waals surface area contributed by atoms with E-state index in [0.717, 1.165) is 24.1 Å². The number of carbonyl (C=O) groups is 1. The van der Waals surface area contributed by atoms with E-state index in [2.05, 4.69) is 24.5 Å². The Morgan fingerprint density at radius 1 is 1.23 bits per heavy atom. The van der Waals surface area contributed by atoms with Gasteiger partial charge in [-0.05, 0) is 23.6 Å². The Bertz CT molecular complexity index is 459. The molecule has 0 saturated heterocycles. The van der Waals surface area contributed by atoms with Gasteiger partial charge in [0.2, 0.25) is 0 Å². The Labute approximate surface area is 133 Å². The van der Waals surface area contributed by atoms with E-state index < -0.39 is 6.10 Å². The molecule has 2 amide bonds. The monoisotopic (exact) mass is 307 g/mol. The first-order valence-electron chi connectivity index (χ1n) is 7.93. The van der Waals surface area contributed by atoms with E-state index in [9.17, 15) is 9.90 Å². The number of hydrogen-bond donors (Lipinski definition) is 3. The second-order valence-electron chi connectivity index (χ2n) is 5.77. The first kappa shape index (κ1) is 18.3. The van der Waals surface area contributed by atoms with Crippen molar-refractivity contribution in [2.24, 2.45) is 5.92 Å². The molecule has 0 aliphatic rings. The Balaban J connectivity index is 2.38. The number of benzene rings is 1. The number of anilines is 1. The second-order valence-corrected chi connectivity index (χ2v) is 5.77. The highest BCUT2D eigenvalue weighted by Gasteiger charge is 2.15. The summed E-state index contributed by atoms with van der Waals surface area (Å²) >= 11 is 0. The molecule has 0 saturated carbocycles. The molecule has 5 heteroatoms. The summed E-state index contributed by atoms with van der Waals surface area (Å²) in [5, 5.41) is 15.5. The molecule has 1 aromatic carbocycles. The van der Waals surface area contributed by atoms with E-state index in [-0.39, 0.29) is 18.5 Å². The van der Waals surface area contributed by atoms with Crippen molar-refractivity contribution in [1.82, 2.24) is 10.6 Å². The zero-order valence-electron chi connectivity index (χ0n) is 14.1. The van der Waals surface area contributed by atoms with Gasteiger partial charge in [0.25, 0.3) is 0 Å². The van der Waals surface area contributed by atoms with Crippen molar-refractivity contribution in [2.75, 3.05) is 25.5 Å². The number of urea groups is 1. The van der Waals surface area contributed by atoms with E-state index in [0.29, 0.717) is 6.54 Å². The van der Waals surface area contributed by atoms with Crippen LogP contribution in [0.15, 0.2) is 24.3 Å². The van der Waals surface area contributed by atoms with Crippen LogP contribution in [0, 0.1) is 5.92 Å². The quantitative estimate of drug-likeness (QED) is 0.691. The van der Waals surface area contributed by atoms with Gasteiger partial charge in [-0.25, -0.2) is 4.79 Å². The van der Waals surface area contributed by atoms with E-state index in [1.165, 1.54) is 0 Å². The average molecular weight is 307 g/mol. The highest BCUT2D eigenvalue weighted by Crippen LogP contribution is 2.13. The van der Waals surface area contributed by atoms with Crippen LogP contribution in [0.1, 0.15) is 32.3 Å². The Kier molecular flexibility index (Phi) is 7.74. The summed E-state index contributed by atoms with van der Waals surface area (Å²) in [5.41, 5.74) is 2.14. The highest BCUT2D eigenvalue weighted by molar-refractivity contribution is 5.73. The lowest BCUT2D eigenvalue weighted by Gasteiger charge is -2.20. The van der Waals surface area contributed by atoms with Crippen LogP contribution in [0.5, 0.6) is 0 Å². The summed E-state index contributed by atoms with van der Waals surface area (Å²) in [4.78, 5) is 13.8. The molecule has 0 spiro atoms. The lowest BCUT2D eigenvalue weighted by atomic mass is 9.97. The Morgan fingerprint density at radius 3 is 2.50 bits per heavy atom. The minimum atomic E-state index is -0.488. The Hall–Kier alpha value is -1.75. The molecule has 1 atom stereocenters. The van der Waals surface area contributed by atoms with E-state index in [1.54, 1.807) is 0 Å². The standard InChI is InChI=1S/C17H29N3O2/c1-5-14(6-2)16(21)12-19-17(22)18-11-13-8-7-9-15(10-13)20(3)4/h7-10,14,16,21H,5-6,11-12H2,1-4H3,(H2,18,19,22). The summed E-state index contributed by atoms with van der Waals surface area (Å²) in [6.07, 6.45) is 1.34. The number of amides is 2. The normalized spacial score (nSPS) is 12.1. The number of carbonyl (C=O) groups excluding carboxylic acids is 1. The number of nitrogens with one attached hydrogen (secondary N) is 2. The van der Waals surface area contributed by atoms with Crippen LogP contribution in [0.4, 0.5) is 10.5 Å². The van der Waals surface area contributed by atoms with Crippen LogP contribution in [0.2, 0.25) is 0 Å². The van der Waals surface area contributed by atoms with Gasteiger partial charge in [0.1, 0.15) is 0 Å². The largest absolute Gasteiger partial charge is 0.391 e. The van der Waals surface area contributed by atoms with Gasteiger partial charge in [-0.3, -0.25) is 0 Å². The van der Waals surface area contributed by atoms with Gasteiger partial charge in [0.05, 0.1) is 6.10 Å². The summed E-state index contributed by atoms with van der Waals surface area (Å²) in [7, 11) is 3.97. The van der Waals surface area contributed by atoms with Gasteiger partial charge in [0.15, 0.2) is 0 Å². The van der Waals surface area contributed by atoms with E-state index in [1.807, 2.05) is 43.3 Å². The number of aliphatic hydroxyl groups is 1. The van der Waals surface area contributed by atoms with Crippen LogP contribution in [-0.2, 0) is 6.54 Å². The smallest absolute Gasteiger partial charge is 0.315 e. The molecule has 1 unspecified atom stereocenters. The molecular formula is C17H29N3O2. The number of hydrogen-bond acceptors (Lipinski definition) is 3. The molecule has 0 aromatic heterocycles. The maximum absolute atomic E-state index is 11.8. The average Bonchev–Trinajstić information content (AvgIpc) is 2.52. The zero-order chi connectivity index (χ0) is 16.5. The molecule has 1 rings (SSSR count). The van der Waals surface area contributed by atoms with Gasteiger partial charge >= 0.3 is 6.03 Å². The molecule has 3 N–H and O–H groups in total. The fraction of sp³-hybridized carbons (Fsp3) is 0.588. The topological polar surface area (TPSA) is 64.6 Å². The molecule has 0 aliphatic heterocycles. The molecule has 0 bridgehead atoms. The van der Waals surface area contributed by atoms with Gasteiger partial charge in [-0.1, -0.05) is 38.8 Å². The fourth-order valence-electron chi connectivity index (χ4n) is 2.39. The van der Waals surface area contributed by atoms with Crippen molar-refractivity contribution in [3.05, 3.63) is 29.8 Å². The molecule has 1 aromatic rings. The van der Waals surface area contributed by atoms with Crippen LogP contribution in [0.25, 0.3) is 0 Å². The predicted molar refractivity (Wildman–Crippen MR) is 91.1 cm³/mol. The molecule has 22 heavy (non-hydrogen) atoms. The maximum Gasteiger partial charge on any atom is 0.315 e. The van der Waals surface area contributed by atoms with Crippen molar-refractivity contribution in [3.63, 3.8) is 0 Å². The van der Waals surface area contributed by atoms with E-state index in [4.69, 9.17) is 0 Å². The molecule has 0 fully saturated rings. The van der Waals surface area contributed by atoms with Gasteiger partial charge in [-0.15, -0.1) is 0 Å². The van der Waals surface area contributed by atoms with Crippen molar-refractivity contribution >= 4 is 11.7 Å². The van der Waals surface area contributed by atoms with Crippen LogP contribution < -0.4 is 15.5 Å². The third-order valence-electron chi connectivity index (χ3n) is 3.94. The molecule has 5 nitrogen and oxygen atoms in total. The highest BCUT2D eigenvalue weighted by atomic mass is 16.3. The fourth-order valence-corrected chi connectivity index (χ4v) is 2.39. The third kappa shape index (κ3) is 5.93. The maximum atomic E-state index is 11.8. The van der Waals surface area contributed by atoms with Gasteiger partial charge in [0, 0.05) is 32.9 Å². The molecule has 0 heterocycles. The summed E-state index contributed by atoms with van der Waals surface area (Å²) in [6.45, 7) is 4.86. The summed E-state index contributed by atoms with van der Waals surface area (Å²) in [6, 6.07) is 7.77. The van der Waals surface area contributed by atoms with Crippen molar-refractivity contribution in [3.8, 4) is 0 Å². The van der Waals surface area contributed by atoms with Crippen LogP contribution >= 0.6 is 0 Å². The van der Waals surface area contributed by atoms with Crippen LogP contribution in [0.3, 0.4) is 0 Å². The first-order valence-corrected chi connectivity index (χ1v) is 7.93. The lowest BCUT2D eigenvalue weighted by molar-refractivity contribution is 0.103. The van der Waals surface area contributed by atoms with Gasteiger partial charge < -0.3 is 20.6 Å². The molecule has 0 radical (unpaired) electrons. The first-order chi connectivity index (χ1) is 10.5. The van der Waals surface area contributed by atoms with E-state index >= 15 is 0 Å². The van der Waals surface area contributed by atoms with Crippen LogP contribution in [-0.4, -0.2) is 37.9 Å². The summed E-state index contributed by atoms with van der Waals surface area (Å²) in [5.74, 6) is 0.233. The predicted octanol–water partition coefficient (Wildman–Crippen LogP) is 2.35. The number of rotatable bonds is 8. The minimum Gasteiger partial charge on any atom is -0.391 e. The molecular weight excluding hydrogens is 278 g/mol. The van der Waals surface area contributed by atoms with Crippen molar-refractivity contribution in [2.45, 2.75) is 39.3 Å². The molecule has 0 aliphatic carbocycles.